The minimum atomic E-state index is -4.25. The van der Waals surface area contributed by atoms with Crippen molar-refractivity contribution >= 4 is 32.1 Å². The zero-order valence-corrected chi connectivity index (χ0v) is 23.4. The molecule has 0 radical (unpaired) electrons. The van der Waals surface area contributed by atoms with Crippen LogP contribution in [-0.2, 0) is 29.8 Å². The first-order valence-corrected chi connectivity index (χ1v) is 15.3. The van der Waals surface area contributed by atoms with Crippen molar-refractivity contribution < 1.29 is 35.5 Å². The summed E-state index contributed by atoms with van der Waals surface area (Å²) >= 11 is 0. The molecule has 208 valence electrons. The van der Waals surface area contributed by atoms with Crippen LogP contribution in [0.25, 0.3) is 0 Å². The summed E-state index contributed by atoms with van der Waals surface area (Å²) < 4.78 is 62.7. The molecule has 0 aliphatic carbocycles. The Labute approximate surface area is 211 Å². The number of unbranched alkanes of at least 4 members (excludes halogenated alkanes) is 5. The van der Waals surface area contributed by atoms with Crippen LogP contribution in [0.3, 0.4) is 0 Å². The summed E-state index contributed by atoms with van der Waals surface area (Å²) in [5.41, 5.74) is -2.26. The Morgan fingerprint density at radius 3 is 1.43 bits per heavy atom. The molecule has 0 aromatic carbocycles. The van der Waals surface area contributed by atoms with Crippen LogP contribution in [0.5, 0.6) is 0 Å². The number of nitrogens with zero attached hydrogens (tertiary/aromatic N) is 1. The molecule has 0 heterocycles. The zero-order chi connectivity index (χ0) is 27.3. The van der Waals surface area contributed by atoms with E-state index in [2.05, 4.69) is 17.6 Å². The summed E-state index contributed by atoms with van der Waals surface area (Å²) in [6, 6.07) is 0. The first kappa shape index (κ1) is 33.7. The predicted octanol–water partition coefficient (Wildman–Crippen LogP) is 1.99. The van der Waals surface area contributed by atoms with Crippen molar-refractivity contribution in [1.82, 2.24) is 15.5 Å². The standard InChI is InChI=1S/C22H45N3O8S2/c1-6-7-8-9-10-11-14-25(15-12-19(26)23-21(2,3)17-34(28,29)30)16-13-20(27)24-22(4,5)18-35(31,32)33/h6-18H2,1-5H3,(H,23,26)(H,24,27)(H,28,29,30)(H,31,32,33). The lowest BCUT2D eigenvalue weighted by Gasteiger charge is -2.27. The third-order valence-electron chi connectivity index (χ3n) is 5.18. The Morgan fingerprint density at radius 2 is 1.06 bits per heavy atom. The Hall–Kier alpha value is -1.28. The van der Waals surface area contributed by atoms with E-state index in [9.17, 15) is 26.4 Å². The van der Waals surface area contributed by atoms with E-state index >= 15 is 0 Å². The van der Waals surface area contributed by atoms with Gasteiger partial charge in [-0.25, -0.2) is 0 Å². The van der Waals surface area contributed by atoms with Crippen LogP contribution in [0, 0.1) is 0 Å². The van der Waals surface area contributed by atoms with Gasteiger partial charge in [-0.1, -0.05) is 39.0 Å². The van der Waals surface area contributed by atoms with Gasteiger partial charge >= 0.3 is 0 Å². The summed E-state index contributed by atoms with van der Waals surface area (Å²) in [5.74, 6) is -1.95. The lowest BCUT2D eigenvalue weighted by Crippen LogP contribution is -2.49. The largest absolute Gasteiger partial charge is 0.350 e. The molecule has 0 saturated carbocycles. The minimum absolute atomic E-state index is 0.0839. The van der Waals surface area contributed by atoms with Crippen LogP contribution < -0.4 is 10.6 Å². The van der Waals surface area contributed by atoms with Crippen LogP contribution in [0.4, 0.5) is 0 Å². The summed E-state index contributed by atoms with van der Waals surface area (Å²) in [5, 5.41) is 5.22. The lowest BCUT2D eigenvalue weighted by molar-refractivity contribution is -0.122. The van der Waals surface area contributed by atoms with Gasteiger partial charge in [0.2, 0.25) is 11.8 Å². The molecule has 13 heteroatoms. The fourth-order valence-corrected chi connectivity index (χ4v) is 5.80. The molecule has 0 unspecified atom stereocenters. The second-order valence-electron chi connectivity index (χ2n) is 10.4. The van der Waals surface area contributed by atoms with E-state index < -0.39 is 42.8 Å². The Balaban J connectivity index is 4.88. The first-order valence-electron chi connectivity index (χ1n) is 12.1. The first-order chi connectivity index (χ1) is 15.8. The fourth-order valence-electron chi connectivity index (χ4n) is 3.83. The normalized spacial score (nSPS) is 13.1. The molecule has 2 amide bonds. The highest BCUT2D eigenvalue weighted by molar-refractivity contribution is 7.86. The van der Waals surface area contributed by atoms with Gasteiger partial charge in [0.25, 0.3) is 20.2 Å². The molecular formula is C22H45N3O8S2. The van der Waals surface area contributed by atoms with Crippen molar-refractivity contribution in [3.63, 3.8) is 0 Å². The highest BCUT2D eigenvalue weighted by atomic mass is 32.2. The quantitative estimate of drug-likeness (QED) is 0.140. The van der Waals surface area contributed by atoms with E-state index in [1.54, 1.807) is 0 Å². The molecule has 0 bridgehead atoms. The number of nitrogens with one attached hydrogen (secondary N) is 2. The second-order valence-corrected chi connectivity index (χ2v) is 13.3. The van der Waals surface area contributed by atoms with E-state index in [-0.39, 0.29) is 24.7 Å². The van der Waals surface area contributed by atoms with Crippen molar-refractivity contribution in [2.24, 2.45) is 0 Å². The topological polar surface area (TPSA) is 170 Å². The third-order valence-corrected chi connectivity index (χ3v) is 7.35. The molecule has 0 spiro atoms. The Morgan fingerprint density at radius 1 is 0.686 bits per heavy atom. The number of carbonyl (C=O) groups is 2. The zero-order valence-electron chi connectivity index (χ0n) is 21.8. The van der Waals surface area contributed by atoms with Gasteiger partial charge < -0.3 is 15.5 Å². The highest BCUT2D eigenvalue weighted by Crippen LogP contribution is 2.10. The van der Waals surface area contributed by atoms with Gasteiger partial charge in [0.05, 0.1) is 22.6 Å². The summed E-state index contributed by atoms with van der Waals surface area (Å²) in [6.45, 7) is 9.55. The smallest absolute Gasteiger partial charge is 0.267 e. The van der Waals surface area contributed by atoms with Crippen LogP contribution in [0.2, 0.25) is 0 Å². The van der Waals surface area contributed by atoms with Crippen LogP contribution in [0.1, 0.15) is 86.0 Å². The van der Waals surface area contributed by atoms with Crippen molar-refractivity contribution in [2.75, 3.05) is 31.1 Å². The minimum Gasteiger partial charge on any atom is -0.350 e. The molecular weight excluding hydrogens is 498 g/mol. The summed E-state index contributed by atoms with van der Waals surface area (Å²) in [4.78, 5) is 26.7. The van der Waals surface area contributed by atoms with E-state index in [1.807, 2.05) is 4.90 Å². The van der Waals surface area contributed by atoms with E-state index in [0.29, 0.717) is 19.6 Å². The number of hydrogen-bond donors (Lipinski definition) is 4. The monoisotopic (exact) mass is 543 g/mol. The van der Waals surface area contributed by atoms with Crippen LogP contribution in [-0.4, -0.2) is 84.9 Å². The van der Waals surface area contributed by atoms with Crippen molar-refractivity contribution in [2.45, 2.75) is 97.1 Å². The van der Waals surface area contributed by atoms with Gasteiger partial charge in [-0.05, 0) is 40.7 Å². The average molecular weight is 544 g/mol. The van der Waals surface area contributed by atoms with Crippen molar-refractivity contribution in [3.8, 4) is 0 Å². The third kappa shape index (κ3) is 20.6. The van der Waals surface area contributed by atoms with E-state index in [1.165, 1.54) is 34.1 Å². The van der Waals surface area contributed by atoms with Gasteiger partial charge in [-0.2, -0.15) is 16.8 Å². The molecule has 0 rings (SSSR count). The maximum atomic E-state index is 12.4. The maximum absolute atomic E-state index is 12.4. The van der Waals surface area contributed by atoms with Crippen molar-refractivity contribution in [3.05, 3.63) is 0 Å². The Kier molecular flexibility index (Phi) is 14.5. The Bertz CT molecular complexity index is 807. The molecule has 0 atom stereocenters. The number of hydrogen-bond acceptors (Lipinski definition) is 7. The number of amides is 2. The number of rotatable bonds is 19. The van der Waals surface area contributed by atoms with Crippen molar-refractivity contribution in [1.29, 1.82) is 0 Å². The van der Waals surface area contributed by atoms with Gasteiger partial charge in [0, 0.05) is 25.9 Å². The van der Waals surface area contributed by atoms with E-state index in [0.717, 1.165) is 32.1 Å². The van der Waals surface area contributed by atoms with Gasteiger partial charge in [-0.15, -0.1) is 0 Å². The van der Waals surface area contributed by atoms with Crippen LogP contribution >= 0.6 is 0 Å². The molecule has 35 heavy (non-hydrogen) atoms. The SMILES string of the molecule is CCCCCCCCN(CCC(=O)NC(C)(C)CS(=O)(=O)O)CCC(=O)NC(C)(C)CS(=O)(=O)O. The summed E-state index contributed by atoms with van der Waals surface area (Å²) in [6.07, 6.45) is 6.69. The molecule has 0 saturated heterocycles. The second kappa shape index (κ2) is 15.1. The van der Waals surface area contributed by atoms with Gasteiger partial charge in [-0.3, -0.25) is 18.7 Å². The molecule has 0 aliphatic heterocycles. The molecule has 0 fully saturated rings. The van der Waals surface area contributed by atoms with Gasteiger partial charge in [0.1, 0.15) is 0 Å². The highest BCUT2D eigenvalue weighted by Gasteiger charge is 2.28. The maximum Gasteiger partial charge on any atom is 0.267 e. The predicted molar refractivity (Wildman–Crippen MR) is 136 cm³/mol. The average Bonchev–Trinajstić information content (AvgIpc) is 2.60. The molecule has 4 N–H and O–H groups in total. The molecule has 0 aromatic heterocycles. The summed E-state index contributed by atoms with van der Waals surface area (Å²) in [7, 11) is -8.50. The lowest BCUT2D eigenvalue weighted by atomic mass is 10.1. The van der Waals surface area contributed by atoms with Gasteiger partial charge in [0.15, 0.2) is 0 Å². The van der Waals surface area contributed by atoms with Crippen LogP contribution in [0.15, 0.2) is 0 Å². The fraction of sp³-hybridized carbons (Fsp3) is 0.909. The van der Waals surface area contributed by atoms with E-state index in [4.69, 9.17) is 9.11 Å². The number of carbonyl (C=O) groups excluding carboxylic acids is 2. The molecule has 11 nitrogen and oxygen atoms in total. The molecule has 0 aliphatic rings. The molecule has 0 aromatic rings.